The van der Waals surface area contributed by atoms with Crippen molar-refractivity contribution in [2.24, 2.45) is 0 Å². The molecule has 0 aliphatic heterocycles. The molecule has 94 valence electrons. The van der Waals surface area contributed by atoms with E-state index in [0.29, 0.717) is 5.28 Å². The van der Waals surface area contributed by atoms with Crippen molar-refractivity contribution < 1.29 is 0 Å². The third-order valence-electron chi connectivity index (χ3n) is 2.62. The van der Waals surface area contributed by atoms with Crippen molar-refractivity contribution in [3.05, 3.63) is 52.9 Å². The lowest BCUT2D eigenvalue weighted by Gasteiger charge is -2.06. The minimum Gasteiger partial charge on any atom is -0.370 e. The van der Waals surface area contributed by atoms with Gasteiger partial charge in [-0.15, -0.1) is 0 Å². The zero-order chi connectivity index (χ0) is 12.8. The van der Waals surface area contributed by atoms with Crippen LogP contribution >= 0.6 is 11.6 Å². The van der Waals surface area contributed by atoms with Gasteiger partial charge in [-0.05, 0) is 36.9 Å². The Morgan fingerprint density at radius 3 is 2.67 bits per heavy atom. The van der Waals surface area contributed by atoms with Gasteiger partial charge in [-0.25, -0.2) is 9.97 Å². The fraction of sp³-hybridized carbons (Fsp3) is 0.286. The SMILES string of the molecule is Cc1cc(NCCCc2ccccc2)nc(Cl)n1. The maximum Gasteiger partial charge on any atom is 0.224 e. The van der Waals surface area contributed by atoms with Gasteiger partial charge in [0, 0.05) is 18.3 Å². The molecule has 2 rings (SSSR count). The lowest BCUT2D eigenvalue weighted by molar-refractivity contribution is 0.857. The highest BCUT2D eigenvalue weighted by molar-refractivity contribution is 6.28. The molecule has 1 N–H and O–H groups in total. The van der Waals surface area contributed by atoms with E-state index in [1.54, 1.807) is 0 Å². The summed E-state index contributed by atoms with van der Waals surface area (Å²) in [4.78, 5) is 8.15. The molecule has 0 saturated heterocycles. The molecule has 0 unspecified atom stereocenters. The number of aromatic nitrogens is 2. The average Bonchev–Trinajstić information content (AvgIpc) is 2.35. The number of halogens is 1. The average molecular weight is 262 g/mol. The summed E-state index contributed by atoms with van der Waals surface area (Å²) in [6.07, 6.45) is 2.12. The summed E-state index contributed by atoms with van der Waals surface area (Å²) in [5.74, 6) is 0.792. The Hall–Kier alpha value is -1.61. The molecule has 0 amide bonds. The molecular weight excluding hydrogens is 246 g/mol. The van der Waals surface area contributed by atoms with Gasteiger partial charge in [-0.1, -0.05) is 30.3 Å². The summed E-state index contributed by atoms with van der Waals surface area (Å²) in [5, 5.41) is 3.55. The molecule has 3 nitrogen and oxygen atoms in total. The number of rotatable bonds is 5. The monoisotopic (exact) mass is 261 g/mol. The summed E-state index contributed by atoms with van der Waals surface area (Å²) in [6.45, 7) is 2.78. The molecule has 1 aromatic heterocycles. The summed E-state index contributed by atoms with van der Waals surface area (Å²) < 4.78 is 0. The number of nitrogens with one attached hydrogen (secondary N) is 1. The zero-order valence-electron chi connectivity index (χ0n) is 10.4. The molecule has 2 aromatic rings. The number of anilines is 1. The molecule has 0 fully saturated rings. The number of nitrogens with zero attached hydrogens (tertiary/aromatic N) is 2. The van der Waals surface area contributed by atoms with Crippen molar-refractivity contribution in [1.82, 2.24) is 9.97 Å². The van der Waals surface area contributed by atoms with Crippen LogP contribution in [0.5, 0.6) is 0 Å². The second kappa shape index (κ2) is 6.36. The Morgan fingerprint density at radius 2 is 1.94 bits per heavy atom. The molecule has 0 aliphatic rings. The number of hydrogen-bond donors (Lipinski definition) is 1. The van der Waals surface area contributed by atoms with E-state index in [9.17, 15) is 0 Å². The van der Waals surface area contributed by atoms with Crippen molar-refractivity contribution in [3.63, 3.8) is 0 Å². The van der Waals surface area contributed by atoms with Crippen LogP contribution in [0, 0.1) is 6.92 Å². The second-order valence-corrected chi connectivity index (χ2v) is 4.52. The Labute approximate surface area is 112 Å². The molecule has 0 saturated carbocycles. The lowest BCUT2D eigenvalue weighted by Crippen LogP contribution is -2.05. The van der Waals surface area contributed by atoms with Crippen molar-refractivity contribution >= 4 is 17.4 Å². The van der Waals surface area contributed by atoms with E-state index in [1.165, 1.54) is 5.56 Å². The number of aryl methyl sites for hydroxylation is 2. The fourth-order valence-electron chi connectivity index (χ4n) is 1.78. The summed E-state index contributed by atoms with van der Waals surface area (Å²) in [7, 11) is 0. The minimum absolute atomic E-state index is 0.292. The smallest absolute Gasteiger partial charge is 0.224 e. The van der Waals surface area contributed by atoms with E-state index in [0.717, 1.165) is 30.9 Å². The topological polar surface area (TPSA) is 37.8 Å². The maximum atomic E-state index is 5.80. The van der Waals surface area contributed by atoms with Gasteiger partial charge in [-0.2, -0.15) is 0 Å². The number of hydrogen-bond acceptors (Lipinski definition) is 3. The molecule has 0 spiro atoms. The number of benzene rings is 1. The van der Waals surface area contributed by atoms with Crippen LogP contribution < -0.4 is 5.32 Å². The third-order valence-corrected chi connectivity index (χ3v) is 2.79. The highest BCUT2D eigenvalue weighted by atomic mass is 35.5. The first-order valence-corrected chi connectivity index (χ1v) is 6.41. The predicted octanol–water partition coefficient (Wildman–Crippen LogP) is 3.48. The zero-order valence-corrected chi connectivity index (χ0v) is 11.1. The normalized spacial score (nSPS) is 10.3. The van der Waals surface area contributed by atoms with Crippen LogP contribution in [0.3, 0.4) is 0 Å². The van der Waals surface area contributed by atoms with Crippen molar-refractivity contribution in [2.45, 2.75) is 19.8 Å². The first-order valence-electron chi connectivity index (χ1n) is 6.03. The summed E-state index contributed by atoms with van der Waals surface area (Å²) in [5.41, 5.74) is 2.23. The Morgan fingerprint density at radius 1 is 1.17 bits per heavy atom. The highest BCUT2D eigenvalue weighted by Gasteiger charge is 1.99. The van der Waals surface area contributed by atoms with Crippen LogP contribution in [0.15, 0.2) is 36.4 Å². The molecule has 1 heterocycles. The van der Waals surface area contributed by atoms with Crippen LogP contribution in [0.4, 0.5) is 5.82 Å². The third kappa shape index (κ3) is 4.00. The molecule has 0 radical (unpaired) electrons. The van der Waals surface area contributed by atoms with Gasteiger partial charge in [0.1, 0.15) is 5.82 Å². The van der Waals surface area contributed by atoms with Crippen LogP contribution in [-0.4, -0.2) is 16.5 Å². The van der Waals surface area contributed by atoms with E-state index in [-0.39, 0.29) is 0 Å². The van der Waals surface area contributed by atoms with Crippen LogP contribution in [-0.2, 0) is 6.42 Å². The van der Waals surface area contributed by atoms with Crippen LogP contribution in [0.2, 0.25) is 5.28 Å². The quantitative estimate of drug-likeness (QED) is 0.661. The van der Waals surface area contributed by atoms with Gasteiger partial charge in [0.2, 0.25) is 5.28 Å². The van der Waals surface area contributed by atoms with Crippen molar-refractivity contribution in [2.75, 3.05) is 11.9 Å². The van der Waals surface area contributed by atoms with Crippen LogP contribution in [0.25, 0.3) is 0 Å². The first-order chi connectivity index (χ1) is 8.74. The summed E-state index contributed by atoms with van der Waals surface area (Å²) in [6, 6.07) is 12.4. The highest BCUT2D eigenvalue weighted by Crippen LogP contribution is 2.10. The standard InChI is InChI=1S/C14H16ClN3/c1-11-10-13(18-14(15)17-11)16-9-5-8-12-6-3-2-4-7-12/h2-4,6-7,10H,5,8-9H2,1H3,(H,16,17,18). The maximum absolute atomic E-state index is 5.80. The van der Waals surface area contributed by atoms with E-state index in [1.807, 2.05) is 19.1 Å². The minimum atomic E-state index is 0.292. The van der Waals surface area contributed by atoms with Gasteiger partial charge in [0.25, 0.3) is 0 Å². The molecule has 4 heteroatoms. The van der Waals surface area contributed by atoms with Gasteiger partial charge < -0.3 is 5.32 Å². The molecule has 0 atom stereocenters. The van der Waals surface area contributed by atoms with Gasteiger partial charge in [-0.3, -0.25) is 0 Å². The van der Waals surface area contributed by atoms with E-state index in [2.05, 4.69) is 39.6 Å². The Balaban J connectivity index is 1.78. The lowest BCUT2D eigenvalue weighted by atomic mass is 10.1. The fourth-order valence-corrected chi connectivity index (χ4v) is 2.00. The molecule has 0 bridgehead atoms. The molecule has 18 heavy (non-hydrogen) atoms. The summed E-state index contributed by atoms with van der Waals surface area (Å²) >= 11 is 5.80. The Kier molecular flexibility index (Phi) is 4.53. The van der Waals surface area contributed by atoms with Gasteiger partial charge in [0.05, 0.1) is 0 Å². The first kappa shape index (κ1) is 12.8. The van der Waals surface area contributed by atoms with Crippen LogP contribution in [0.1, 0.15) is 17.7 Å². The second-order valence-electron chi connectivity index (χ2n) is 4.18. The molecular formula is C14H16ClN3. The van der Waals surface area contributed by atoms with E-state index in [4.69, 9.17) is 11.6 Å². The van der Waals surface area contributed by atoms with Crippen molar-refractivity contribution in [1.29, 1.82) is 0 Å². The van der Waals surface area contributed by atoms with Gasteiger partial charge >= 0.3 is 0 Å². The predicted molar refractivity (Wildman–Crippen MR) is 75.0 cm³/mol. The van der Waals surface area contributed by atoms with Gasteiger partial charge in [0.15, 0.2) is 0 Å². The Bertz CT molecular complexity index is 479. The largest absolute Gasteiger partial charge is 0.370 e. The molecule has 0 aliphatic carbocycles. The van der Waals surface area contributed by atoms with Crippen molar-refractivity contribution in [3.8, 4) is 0 Å². The van der Waals surface area contributed by atoms with E-state index >= 15 is 0 Å². The molecule has 1 aromatic carbocycles. The van der Waals surface area contributed by atoms with E-state index < -0.39 is 0 Å².